The van der Waals surface area contributed by atoms with Gasteiger partial charge < -0.3 is 9.80 Å². The van der Waals surface area contributed by atoms with Gasteiger partial charge >= 0.3 is 0 Å². The summed E-state index contributed by atoms with van der Waals surface area (Å²) >= 11 is 5.83. The Labute approximate surface area is 134 Å². The van der Waals surface area contributed by atoms with E-state index in [1.54, 1.807) is 38.2 Å². The first kappa shape index (κ1) is 16.3. The van der Waals surface area contributed by atoms with Crippen molar-refractivity contribution in [1.82, 2.24) is 9.80 Å². The van der Waals surface area contributed by atoms with Gasteiger partial charge in [-0.15, -0.1) is 0 Å². The predicted molar refractivity (Wildman–Crippen MR) is 83.4 cm³/mol. The predicted octanol–water partition coefficient (Wildman–Crippen LogP) is 1.34. The van der Waals surface area contributed by atoms with Gasteiger partial charge in [-0.05, 0) is 24.3 Å². The fourth-order valence-electron chi connectivity index (χ4n) is 2.22. The highest BCUT2D eigenvalue weighted by atomic mass is 35.5. The van der Waals surface area contributed by atoms with E-state index in [1.807, 2.05) is 0 Å². The standard InChI is InChI=1S/C15H18ClN3O3/c1-3-13(20)17(2)8-14(21)18-9-15(22)19(10-18)12-6-4-11(16)5-7-12/h4-7H,3,8-10H2,1-2H3. The minimum atomic E-state index is -0.242. The van der Waals surface area contributed by atoms with E-state index in [9.17, 15) is 14.4 Å². The van der Waals surface area contributed by atoms with Gasteiger partial charge in [0.15, 0.2) is 0 Å². The molecule has 0 saturated carbocycles. The summed E-state index contributed by atoms with van der Waals surface area (Å²) in [5, 5.41) is 0.586. The zero-order valence-electron chi connectivity index (χ0n) is 12.6. The topological polar surface area (TPSA) is 60.9 Å². The maximum atomic E-state index is 12.2. The van der Waals surface area contributed by atoms with Crippen LogP contribution in [-0.4, -0.2) is 54.3 Å². The molecule has 118 valence electrons. The first-order valence-electron chi connectivity index (χ1n) is 7.00. The average molecular weight is 324 g/mol. The van der Waals surface area contributed by atoms with Gasteiger partial charge in [-0.25, -0.2) is 0 Å². The normalized spacial score (nSPS) is 14.4. The fraction of sp³-hybridized carbons (Fsp3) is 0.400. The summed E-state index contributed by atoms with van der Waals surface area (Å²) in [6, 6.07) is 6.87. The van der Waals surface area contributed by atoms with Gasteiger partial charge in [-0.1, -0.05) is 18.5 Å². The summed E-state index contributed by atoms with van der Waals surface area (Å²) < 4.78 is 0. The van der Waals surface area contributed by atoms with Gasteiger partial charge in [-0.2, -0.15) is 0 Å². The van der Waals surface area contributed by atoms with Crippen molar-refractivity contribution >= 4 is 35.0 Å². The summed E-state index contributed by atoms with van der Waals surface area (Å²) in [4.78, 5) is 40.1. The van der Waals surface area contributed by atoms with Crippen LogP contribution in [0.4, 0.5) is 5.69 Å². The second-order valence-corrected chi connectivity index (χ2v) is 5.57. The van der Waals surface area contributed by atoms with Crippen LogP contribution in [-0.2, 0) is 14.4 Å². The number of benzene rings is 1. The highest BCUT2D eigenvalue weighted by Crippen LogP contribution is 2.21. The highest BCUT2D eigenvalue weighted by Gasteiger charge is 2.32. The van der Waals surface area contributed by atoms with E-state index >= 15 is 0 Å². The number of carbonyl (C=O) groups excluding carboxylic acids is 3. The third-order valence-electron chi connectivity index (χ3n) is 3.53. The summed E-state index contributed by atoms with van der Waals surface area (Å²) in [6.45, 7) is 1.93. The van der Waals surface area contributed by atoms with Crippen LogP contribution in [0.3, 0.4) is 0 Å². The SMILES string of the molecule is CCC(=O)N(C)CC(=O)N1CC(=O)N(c2ccc(Cl)cc2)C1. The quantitative estimate of drug-likeness (QED) is 0.840. The molecule has 0 unspecified atom stereocenters. The first-order valence-corrected chi connectivity index (χ1v) is 7.38. The highest BCUT2D eigenvalue weighted by molar-refractivity contribution is 6.30. The number of anilines is 1. The third kappa shape index (κ3) is 3.57. The van der Waals surface area contributed by atoms with E-state index in [-0.39, 0.29) is 37.5 Å². The molecule has 7 heteroatoms. The Bertz CT molecular complexity index is 588. The van der Waals surface area contributed by atoms with Crippen molar-refractivity contribution in [3.63, 3.8) is 0 Å². The molecule has 1 aliphatic heterocycles. The van der Waals surface area contributed by atoms with Crippen molar-refractivity contribution < 1.29 is 14.4 Å². The van der Waals surface area contributed by atoms with Gasteiger partial charge in [0.05, 0.1) is 6.54 Å². The molecule has 1 saturated heterocycles. The Morgan fingerprint density at radius 3 is 2.50 bits per heavy atom. The lowest BCUT2D eigenvalue weighted by Gasteiger charge is -2.21. The maximum Gasteiger partial charge on any atom is 0.248 e. The van der Waals surface area contributed by atoms with Crippen molar-refractivity contribution in [2.24, 2.45) is 0 Å². The number of rotatable bonds is 4. The Morgan fingerprint density at radius 1 is 1.27 bits per heavy atom. The molecular weight excluding hydrogens is 306 g/mol. The van der Waals surface area contributed by atoms with E-state index in [1.165, 1.54) is 14.7 Å². The van der Waals surface area contributed by atoms with E-state index in [2.05, 4.69) is 0 Å². The molecule has 1 fully saturated rings. The Balaban J connectivity index is 2.01. The lowest BCUT2D eigenvalue weighted by atomic mass is 10.3. The third-order valence-corrected chi connectivity index (χ3v) is 3.78. The Morgan fingerprint density at radius 2 is 1.91 bits per heavy atom. The van der Waals surface area contributed by atoms with Gasteiger partial charge in [0.25, 0.3) is 0 Å². The molecule has 6 nitrogen and oxygen atoms in total. The molecule has 2 rings (SSSR count). The van der Waals surface area contributed by atoms with Gasteiger partial charge in [0.2, 0.25) is 17.7 Å². The largest absolute Gasteiger partial charge is 0.336 e. The zero-order valence-corrected chi connectivity index (χ0v) is 13.3. The number of hydrogen-bond donors (Lipinski definition) is 0. The number of hydrogen-bond acceptors (Lipinski definition) is 3. The number of amides is 3. The van der Waals surface area contributed by atoms with Crippen molar-refractivity contribution in [3.05, 3.63) is 29.3 Å². The molecule has 3 amide bonds. The van der Waals surface area contributed by atoms with Gasteiger partial charge in [-0.3, -0.25) is 19.3 Å². The summed E-state index contributed by atoms with van der Waals surface area (Å²) in [7, 11) is 1.58. The van der Waals surface area contributed by atoms with E-state index in [0.29, 0.717) is 17.1 Å². The Kier molecular flexibility index (Phi) is 5.03. The number of nitrogens with zero attached hydrogens (tertiary/aromatic N) is 3. The van der Waals surface area contributed by atoms with Gasteiger partial charge in [0.1, 0.15) is 13.2 Å². The summed E-state index contributed by atoms with van der Waals surface area (Å²) in [6.07, 6.45) is 0.347. The lowest BCUT2D eigenvalue weighted by molar-refractivity contribution is -0.139. The van der Waals surface area contributed by atoms with E-state index in [4.69, 9.17) is 11.6 Å². The van der Waals surface area contributed by atoms with Crippen LogP contribution in [0, 0.1) is 0 Å². The van der Waals surface area contributed by atoms with Crippen LogP contribution >= 0.6 is 11.6 Å². The number of carbonyl (C=O) groups is 3. The van der Waals surface area contributed by atoms with Crippen LogP contribution in [0.1, 0.15) is 13.3 Å². The zero-order chi connectivity index (χ0) is 16.3. The second kappa shape index (κ2) is 6.79. The molecule has 22 heavy (non-hydrogen) atoms. The lowest BCUT2D eigenvalue weighted by Crippen LogP contribution is -2.40. The molecule has 0 aromatic heterocycles. The molecule has 1 heterocycles. The van der Waals surface area contributed by atoms with Crippen LogP contribution < -0.4 is 4.90 Å². The second-order valence-electron chi connectivity index (χ2n) is 5.13. The molecule has 0 bridgehead atoms. The van der Waals surface area contributed by atoms with Crippen LogP contribution in [0.5, 0.6) is 0 Å². The molecule has 1 aliphatic rings. The van der Waals surface area contributed by atoms with Crippen LogP contribution in [0.2, 0.25) is 5.02 Å². The first-order chi connectivity index (χ1) is 10.4. The van der Waals surface area contributed by atoms with Crippen molar-refractivity contribution in [3.8, 4) is 0 Å². The summed E-state index contributed by atoms with van der Waals surface area (Å²) in [5.41, 5.74) is 0.697. The van der Waals surface area contributed by atoms with Crippen molar-refractivity contribution in [1.29, 1.82) is 0 Å². The monoisotopic (exact) mass is 323 g/mol. The number of halogens is 1. The average Bonchev–Trinajstić information content (AvgIpc) is 2.89. The maximum absolute atomic E-state index is 12.2. The molecule has 0 radical (unpaired) electrons. The molecular formula is C15H18ClN3O3. The molecule has 1 aromatic carbocycles. The molecule has 0 aliphatic carbocycles. The molecule has 0 atom stereocenters. The number of likely N-dealkylation sites (N-methyl/N-ethyl adjacent to an activating group) is 1. The minimum absolute atomic E-state index is 0.0194. The smallest absolute Gasteiger partial charge is 0.248 e. The van der Waals surface area contributed by atoms with Crippen LogP contribution in [0.15, 0.2) is 24.3 Å². The fourth-order valence-corrected chi connectivity index (χ4v) is 2.35. The molecule has 1 aromatic rings. The van der Waals surface area contributed by atoms with E-state index < -0.39 is 0 Å². The molecule has 0 N–H and O–H groups in total. The van der Waals surface area contributed by atoms with Crippen LogP contribution in [0.25, 0.3) is 0 Å². The minimum Gasteiger partial charge on any atom is -0.336 e. The Hall–Kier alpha value is -2.08. The van der Waals surface area contributed by atoms with Crippen molar-refractivity contribution in [2.45, 2.75) is 13.3 Å². The summed E-state index contributed by atoms with van der Waals surface area (Å²) in [5.74, 6) is -0.498. The molecule has 0 spiro atoms. The van der Waals surface area contributed by atoms with Gasteiger partial charge in [0, 0.05) is 24.2 Å². The van der Waals surface area contributed by atoms with E-state index in [0.717, 1.165) is 0 Å². The van der Waals surface area contributed by atoms with Crippen molar-refractivity contribution in [2.75, 3.05) is 31.7 Å².